The molecule has 0 aliphatic heterocycles. The summed E-state index contributed by atoms with van der Waals surface area (Å²) in [6, 6.07) is 14.9. The molecule has 1 heterocycles. The molecule has 3 aromatic rings. The average Bonchev–Trinajstić information content (AvgIpc) is 2.64. The summed E-state index contributed by atoms with van der Waals surface area (Å²) in [5.41, 5.74) is 5.07. The van der Waals surface area contributed by atoms with E-state index in [9.17, 15) is 0 Å². The first-order valence-corrected chi connectivity index (χ1v) is 7.69. The van der Waals surface area contributed by atoms with Crippen molar-refractivity contribution in [3.8, 4) is 5.69 Å². The van der Waals surface area contributed by atoms with Crippen LogP contribution in [0.3, 0.4) is 0 Å². The number of benzene rings is 2. The number of fused-ring (bicyclic) bond motifs is 1. The number of nitrogens with zero attached hydrogens (tertiary/aromatic N) is 1. The van der Waals surface area contributed by atoms with Gasteiger partial charge in [-0.1, -0.05) is 31.9 Å². The molecule has 0 spiro atoms. The van der Waals surface area contributed by atoms with Crippen molar-refractivity contribution in [2.24, 2.45) is 0 Å². The Morgan fingerprint density at radius 1 is 0.842 bits per heavy atom. The van der Waals surface area contributed by atoms with Crippen molar-refractivity contribution in [2.45, 2.75) is 13.8 Å². The third-order valence-electron chi connectivity index (χ3n) is 3.57. The summed E-state index contributed by atoms with van der Waals surface area (Å²) in [6.07, 6.45) is 0. The van der Waals surface area contributed by atoms with Gasteiger partial charge in [-0.15, -0.1) is 0 Å². The lowest BCUT2D eigenvalue weighted by Gasteiger charge is -2.08. The van der Waals surface area contributed by atoms with Crippen molar-refractivity contribution in [1.29, 1.82) is 0 Å². The smallest absolute Gasteiger partial charge is 0.0534 e. The zero-order chi connectivity index (χ0) is 13.6. The Morgan fingerprint density at radius 2 is 1.47 bits per heavy atom. The van der Waals surface area contributed by atoms with Gasteiger partial charge in [0.15, 0.2) is 0 Å². The summed E-state index contributed by atoms with van der Waals surface area (Å²) in [6.45, 7) is 4.35. The molecule has 1 nitrogen and oxygen atoms in total. The minimum atomic E-state index is 1.10. The normalized spacial score (nSPS) is 11.2. The van der Waals surface area contributed by atoms with Gasteiger partial charge < -0.3 is 4.57 Å². The lowest BCUT2D eigenvalue weighted by Crippen LogP contribution is -1.96. The number of rotatable bonds is 1. The van der Waals surface area contributed by atoms with E-state index in [1.165, 1.54) is 27.8 Å². The summed E-state index contributed by atoms with van der Waals surface area (Å²) in [4.78, 5) is 0. The topological polar surface area (TPSA) is 4.93 Å². The fourth-order valence-electron chi connectivity index (χ4n) is 2.47. The van der Waals surface area contributed by atoms with Crippen LogP contribution in [0.5, 0.6) is 0 Å². The second kappa shape index (κ2) is 4.80. The van der Waals surface area contributed by atoms with Crippen LogP contribution in [0.1, 0.15) is 11.3 Å². The molecule has 96 valence electrons. The molecule has 0 radical (unpaired) electrons. The van der Waals surface area contributed by atoms with Crippen molar-refractivity contribution in [3.63, 3.8) is 0 Å². The zero-order valence-corrected chi connectivity index (χ0v) is 13.9. The third kappa shape index (κ3) is 2.15. The fraction of sp³-hybridized carbons (Fsp3) is 0.125. The molecular weight excluding hydrogens is 366 g/mol. The van der Waals surface area contributed by atoms with Gasteiger partial charge in [-0.2, -0.15) is 0 Å². The first-order chi connectivity index (χ1) is 9.08. The van der Waals surface area contributed by atoms with Crippen LogP contribution in [0.15, 0.2) is 51.4 Å². The van der Waals surface area contributed by atoms with E-state index >= 15 is 0 Å². The van der Waals surface area contributed by atoms with Crippen LogP contribution in [0.25, 0.3) is 16.6 Å². The van der Waals surface area contributed by atoms with E-state index in [0.29, 0.717) is 0 Å². The van der Waals surface area contributed by atoms with E-state index in [2.05, 4.69) is 92.7 Å². The maximum atomic E-state index is 3.55. The standard InChI is InChI=1S/C16H13Br2N/c1-10-11(2)19(14-6-3-12(17)4-7-14)16-8-5-13(18)9-15(10)16/h3-9H,1-2H3. The van der Waals surface area contributed by atoms with E-state index in [1.54, 1.807) is 0 Å². The Morgan fingerprint density at radius 3 is 2.16 bits per heavy atom. The van der Waals surface area contributed by atoms with Crippen molar-refractivity contribution < 1.29 is 0 Å². The van der Waals surface area contributed by atoms with Gasteiger partial charge >= 0.3 is 0 Å². The lowest BCUT2D eigenvalue weighted by molar-refractivity contribution is 1.04. The first kappa shape index (κ1) is 12.9. The van der Waals surface area contributed by atoms with Gasteiger partial charge in [0, 0.05) is 25.7 Å². The second-order valence-corrected chi connectivity index (χ2v) is 6.52. The zero-order valence-electron chi connectivity index (χ0n) is 10.7. The maximum Gasteiger partial charge on any atom is 0.0534 e. The minimum Gasteiger partial charge on any atom is -0.314 e. The van der Waals surface area contributed by atoms with Gasteiger partial charge in [-0.3, -0.25) is 0 Å². The Hall–Kier alpha value is -1.06. The largest absolute Gasteiger partial charge is 0.314 e. The van der Waals surface area contributed by atoms with Crippen LogP contribution in [0.2, 0.25) is 0 Å². The quantitative estimate of drug-likeness (QED) is 0.506. The van der Waals surface area contributed by atoms with Crippen LogP contribution in [-0.2, 0) is 0 Å². The highest BCUT2D eigenvalue weighted by atomic mass is 79.9. The summed E-state index contributed by atoms with van der Waals surface area (Å²) in [5.74, 6) is 0. The van der Waals surface area contributed by atoms with Gasteiger partial charge in [0.25, 0.3) is 0 Å². The van der Waals surface area contributed by atoms with Gasteiger partial charge in [-0.05, 0) is 61.9 Å². The number of halogens is 2. The maximum absolute atomic E-state index is 3.55. The number of hydrogen-bond acceptors (Lipinski definition) is 0. The van der Waals surface area contributed by atoms with Crippen LogP contribution in [0.4, 0.5) is 0 Å². The van der Waals surface area contributed by atoms with Gasteiger partial charge in [0.05, 0.1) is 5.52 Å². The lowest BCUT2D eigenvalue weighted by atomic mass is 10.2. The van der Waals surface area contributed by atoms with Crippen LogP contribution in [-0.4, -0.2) is 4.57 Å². The van der Waals surface area contributed by atoms with E-state index in [1.807, 2.05) is 0 Å². The van der Waals surface area contributed by atoms with Crippen LogP contribution < -0.4 is 0 Å². The summed E-state index contributed by atoms with van der Waals surface area (Å²) in [7, 11) is 0. The highest BCUT2D eigenvalue weighted by molar-refractivity contribution is 9.10. The predicted octanol–water partition coefficient (Wildman–Crippen LogP) is 5.77. The summed E-state index contributed by atoms with van der Waals surface area (Å²) >= 11 is 7.04. The van der Waals surface area contributed by atoms with Crippen molar-refractivity contribution in [2.75, 3.05) is 0 Å². The molecule has 0 atom stereocenters. The highest BCUT2D eigenvalue weighted by Crippen LogP contribution is 2.31. The van der Waals surface area contributed by atoms with E-state index in [0.717, 1.165) is 8.95 Å². The van der Waals surface area contributed by atoms with E-state index in [-0.39, 0.29) is 0 Å². The Kier molecular flexibility index (Phi) is 3.27. The molecule has 3 rings (SSSR count). The molecule has 0 unspecified atom stereocenters. The van der Waals surface area contributed by atoms with E-state index < -0.39 is 0 Å². The monoisotopic (exact) mass is 377 g/mol. The molecule has 1 aromatic heterocycles. The molecule has 0 N–H and O–H groups in total. The molecule has 0 aliphatic rings. The summed E-state index contributed by atoms with van der Waals surface area (Å²) in [5, 5.41) is 1.30. The van der Waals surface area contributed by atoms with Crippen molar-refractivity contribution in [3.05, 3.63) is 62.7 Å². The molecule has 3 heteroatoms. The molecule has 0 bridgehead atoms. The molecular formula is C16H13Br2N. The second-order valence-electron chi connectivity index (χ2n) is 4.68. The molecule has 0 aliphatic carbocycles. The fourth-order valence-corrected chi connectivity index (χ4v) is 3.10. The number of aryl methyl sites for hydroxylation is 1. The van der Waals surface area contributed by atoms with Crippen LogP contribution >= 0.6 is 31.9 Å². The molecule has 2 aromatic carbocycles. The average molecular weight is 379 g/mol. The highest BCUT2D eigenvalue weighted by Gasteiger charge is 2.12. The third-order valence-corrected chi connectivity index (χ3v) is 4.59. The number of hydrogen-bond donors (Lipinski definition) is 0. The molecule has 0 amide bonds. The predicted molar refractivity (Wildman–Crippen MR) is 88.1 cm³/mol. The van der Waals surface area contributed by atoms with Crippen LogP contribution in [0, 0.1) is 13.8 Å². The SMILES string of the molecule is Cc1c(C)n(-c2ccc(Br)cc2)c2ccc(Br)cc12. The first-order valence-electron chi connectivity index (χ1n) is 6.11. The van der Waals surface area contributed by atoms with Crippen molar-refractivity contribution in [1.82, 2.24) is 4.57 Å². The minimum absolute atomic E-state index is 1.10. The van der Waals surface area contributed by atoms with Crippen molar-refractivity contribution >= 4 is 42.8 Å². The van der Waals surface area contributed by atoms with Gasteiger partial charge in [-0.25, -0.2) is 0 Å². The molecule has 19 heavy (non-hydrogen) atoms. The molecule has 0 saturated heterocycles. The Bertz CT molecular complexity index is 755. The molecule has 0 fully saturated rings. The number of aromatic nitrogens is 1. The Balaban J connectivity index is 2.35. The van der Waals surface area contributed by atoms with Gasteiger partial charge in [0.2, 0.25) is 0 Å². The summed E-state index contributed by atoms with van der Waals surface area (Å²) < 4.78 is 4.53. The molecule has 0 saturated carbocycles. The Labute approximate surface area is 129 Å². The van der Waals surface area contributed by atoms with E-state index in [4.69, 9.17) is 0 Å². The van der Waals surface area contributed by atoms with Gasteiger partial charge in [0.1, 0.15) is 0 Å².